The van der Waals surface area contributed by atoms with E-state index in [1.807, 2.05) is 0 Å². The monoisotopic (exact) mass is 473 g/mol. The Morgan fingerprint density at radius 1 is 1.00 bits per heavy atom. The van der Waals surface area contributed by atoms with E-state index < -0.39 is 0 Å². The van der Waals surface area contributed by atoms with Crippen LogP contribution in [0.5, 0.6) is 0 Å². The zero-order valence-corrected chi connectivity index (χ0v) is 18.7. The summed E-state index contributed by atoms with van der Waals surface area (Å²) in [5.74, 6) is 0.592. The molecule has 0 spiro atoms. The van der Waals surface area contributed by atoms with Gasteiger partial charge in [0.05, 0.1) is 5.54 Å². The highest BCUT2D eigenvalue weighted by atomic mass is 79.9. The fourth-order valence-corrected chi connectivity index (χ4v) is 3.94. The molecular formula is C23H25Br2N. The minimum Gasteiger partial charge on any atom is -0.332 e. The summed E-state index contributed by atoms with van der Waals surface area (Å²) in [6, 6.07) is 17.6. The summed E-state index contributed by atoms with van der Waals surface area (Å²) in [6.45, 7) is 6.82. The van der Waals surface area contributed by atoms with Crippen LogP contribution in [0.15, 0.2) is 75.7 Å². The van der Waals surface area contributed by atoms with Gasteiger partial charge in [-0.1, -0.05) is 70.0 Å². The van der Waals surface area contributed by atoms with E-state index in [4.69, 9.17) is 0 Å². The zero-order chi connectivity index (χ0) is 18.7. The van der Waals surface area contributed by atoms with E-state index >= 15 is 0 Å². The van der Waals surface area contributed by atoms with E-state index in [-0.39, 0.29) is 5.54 Å². The van der Waals surface area contributed by atoms with Crippen LogP contribution in [0.4, 0.5) is 11.4 Å². The number of halogens is 2. The summed E-state index contributed by atoms with van der Waals surface area (Å²) in [5.41, 5.74) is 3.71. The molecule has 0 saturated heterocycles. The minimum absolute atomic E-state index is 0.108. The predicted octanol–water partition coefficient (Wildman–Crippen LogP) is 8.10. The Kier molecular flexibility index (Phi) is 6.09. The fourth-order valence-electron chi connectivity index (χ4n) is 3.38. The molecule has 2 aromatic rings. The SMILES string of the molecule is CCC(C)c1ccc(N(c2ccc(Br)cc2)C2(C)C=CC(Br)=CC2)cc1. The van der Waals surface area contributed by atoms with Crippen molar-refractivity contribution in [3.63, 3.8) is 0 Å². The molecule has 0 fully saturated rings. The van der Waals surface area contributed by atoms with Gasteiger partial charge in [-0.3, -0.25) is 0 Å². The molecule has 1 aliphatic rings. The van der Waals surface area contributed by atoms with Gasteiger partial charge in [0.2, 0.25) is 0 Å². The molecule has 3 rings (SSSR count). The first-order valence-electron chi connectivity index (χ1n) is 9.13. The highest BCUT2D eigenvalue weighted by Crippen LogP contribution is 2.39. The second kappa shape index (κ2) is 8.14. The Morgan fingerprint density at radius 3 is 2.08 bits per heavy atom. The summed E-state index contributed by atoms with van der Waals surface area (Å²) in [5, 5.41) is 0. The third-order valence-electron chi connectivity index (χ3n) is 5.24. The molecule has 3 heteroatoms. The van der Waals surface area contributed by atoms with Crippen molar-refractivity contribution in [1.29, 1.82) is 0 Å². The van der Waals surface area contributed by atoms with E-state index in [0.29, 0.717) is 5.92 Å². The standard InChI is InChI=1S/C23H25Br2N/c1-4-17(2)18-5-9-21(10-6-18)26(22-11-7-19(24)8-12-22)23(3)15-13-20(25)14-16-23/h5-15,17H,4,16H2,1-3H3. The maximum Gasteiger partial charge on any atom is 0.0643 e. The minimum atomic E-state index is -0.108. The van der Waals surface area contributed by atoms with Crippen molar-refractivity contribution in [3.8, 4) is 0 Å². The van der Waals surface area contributed by atoms with E-state index in [9.17, 15) is 0 Å². The van der Waals surface area contributed by atoms with Crippen LogP contribution in [-0.4, -0.2) is 5.54 Å². The predicted molar refractivity (Wildman–Crippen MR) is 121 cm³/mol. The third-order valence-corrected chi connectivity index (χ3v) is 6.36. The Balaban J connectivity index is 2.03. The van der Waals surface area contributed by atoms with E-state index in [1.165, 1.54) is 16.9 Å². The highest BCUT2D eigenvalue weighted by molar-refractivity contribution is 9.12. The Bertz CT molecular complexity index is 805. The van der Waals surface area contributed by atoms with Crippen molar-refractivity contribution < 1.29 is 0 Å². The number of nitrogens with zero attached hydrogens (tertiary/aromatic N) is 1. The van der Waals surface area contributed by atoms with Gasteiger partial charge in [-0.15, -0.1) is 0 Å². The van der Waals surface area contributed by atoms with Gasteiger partial charge in [0, 0.05) is 20.3 Å². The van der Waals surface area contributed by atoms with E-state index in [1.54, 1.807) is 0 Å². The number of allylic oxidation sites excluding steroid dienone is 2. The molecule has 1 aliphatic carbocycles. The van der Waals surface area contributed by atoms with Crippen LogP contribution < -0.4 is 4.90 Å². The van der Waals surface area contributed by atoms with Gasteiger partial charge in [0.25, 0.3) is 0 Å². The number of benzene rings is 2. The van der Waals surface area contributed by atoms with Crippen LogP contribution in [0.1, 0.15) is 45.1 Å². The molecule has 2 aromatic carbocycles. The van der Waals surface area contributed by atoms with Gasteiger partial charge in [-0.05, 0) is 73.7 Å². The fraction of sp³-hybridized carbons (Fsp3) is 0.304. The summed E-state index contributed by atoms with van der Waals surface area (Å²) in [4.78, 5) is 2.44. The number of hydrogen-bond acceptors (Lipinski definition) is 1. The molecule has 0 amide bonds. The topological polar surface area (TPSA) is 3.24 Å². The lowest BCUT2D eigenvalue weighted by Gasteiger charge is -2.42. The average Bonchev–Trinajstić information content (AvgIpc) is 2.66. The van der Waals surface area contributed by atoms with Crippen LogP contribution in [0, 0.1) is 0 Å². The first-order valence-corrected chi connectivity index (χ1v) is 10.7. The van der Waals surface area contributed by atoms with Gasteiger partial charge in [-0.2, -0.15) is 0 Å². The zero-order valence-electron chi connectivity index (χ0n) is 15.5. The van der Waals surface area contributed by atoms with Crippen LogP contribution >= 0.6 is 31.9 Å². The normalized spacial score (nSPS) is 20.6. The lowest BCUT2D eigenvalue weighted by atomic mass is 9.89. The van der Waals surface area contributed by atoms with Crippen LogP contribution in [-0.2, 0) is 0 Å². The average molecular weight is 475 g/mol. The summed E-state index contributed by atoms with van der Waals surface area (Å²) >= 11 is 7.15. The van der Waals surface area contributed by atoms with Crippen molar-refractivity contribution in [2.24, 2.45) is 0 Å². The quantitative estimate of drug-likeness (QED) is 0.423. The maximum absolute atomic E-state index is 3.59. The van der Waals surface area contributed by atoms with Gasteiger partial charge >= 0.3 is 0 Å². The van der Waals surface area contributed by atoms with Crippen LogP contribution in [0.2, 0.25) is 0 Å². The summed E-state index contributed by atoms with van der Waals surface area (Å²) in [7, 11) is 0. The van der Waals surface area contributed by atoms with E-state index in [0.717, 1.165) is 21.8 Å². The highest BCUT2D eigenvalue weighted by Gasteiger charge is 2.31. The van der Waals surface area contributed by atoms with Crippen molar-refractivity contribution in [2.45, 2.75) is 45.1 Å². The molecule has 0 N–H and O–H groups in total. The molecule has 0 saturated carbocycles. The third kappa shape index (κ3) is 4.15. The molecule has 2 atom stereocenters. The van der Waals surface area contributed by atoms with E-state index in [2.05, 4.69) is 124 Å². The van der Waals surface area contributed by atoms with Gasteiger partial charge in [0.15, 0.2) is 0 Å². The van der Waals surface area contributed by atoms with Crippen molar-refractivity contribution in [3.05, 3.63) is 81.3 Å². The van der Waals surface area contributed by atoms with Gasteiger partial charge in [0.1, 0.15) is 0 Å². The molecule has 0 aromatic heterocycles. The molecule has 0 heterocycles. The number of rotatable bonds is 5. The smallest absolute Gasteiger partial charge is 0.0643 e. The molecule has 136 valence electrons. The lowest BCUT2D eigenvalue weighted by molar-refractivity contribution is 0.569. The van der Waals surface area contributed by atoms with Gasteiger partial charge < -0.3 is 4.90 Å². The van der Waals surface area contributed by atoms with Crippen molar-refractivity contribution in [2.75, 3.05) is 4.90 Å². The second-order valence-electron chi connectivity index (χ2n) is 7.20. The van der Waals surface area contributed by atoms with Crippen molar-refractivity contribution >= 4 is 43.2 Å². The maximum atomic E-state index is 3.59. The summed E-state index contributed by atoms with van der Waals surface area (Å²) < 4.78 is 2.25. The Morgan fingerprint density at radius 2 is 1.58 bits per heavy atom. The molecular weight excluding hydrogens is 450 g/mol. The first-order chi connectivity index (χ1) is 12.4. The largest absolute Gasteiger partial charge is 0.332 e. The molecule has 0 aliphatic heterocycles. The summed E-state index contributed by atoms with van der Waals surface area (Å²) in [6.07, 6.45) is 8.81. The number of hydrogen-bond donors (Lipinski definition) is 0. The van der Waals surface area contributed by atoms with Crippen LogP contribution in [0.3, 0.4) is 0 Å². The van der Waals surface area contributed by atoms with Gasteiger partial charge in [-0.25, -0.2) is 0 Å². The molecule has 1 nitrogen and oxygen atoms in total. The molecule has 26 heavy (non-hydrogen) atoms. The molecule has 2 unspecified atom stereocenters. The Hall–Kier alpha value is -1.32. The number of anilines is 2. The second-order valence-corrected chi connectivity index (χ2v) is 9.03. The Labute approximate surface area is 174 Å². The first kappa shape index (κ1) is 19.4. The molecule has 0 bridgehead atoms. The van der Waals surface area contributed by atoms with Crippen molar-refractivity contribution in [1.82, 2.24) is 0 Å². The van der Waals surface area contributed by atoms with Crippen LogP contribution in [0.25, 0.3) is 0 Å². The lowest BCUT2D eigenvalue weighted by Crippen LogP contribution is -2.42. The molecule has 0 radical (unpaired) electrons.